The third-order valence-electron chi connectivity index (χ3n) is 4.13. The van der Waals surface area contributed by atoms with E-state index in [0.717, 1.165) is 0 Å². The molecule has 0 aromatic heterocycles. The van der Waals surface area contributed by atoms with Gasteiger partial charge in [-0.3, -0.25) is 0 Å². The van der Waals surface area contributed by atoms with Crippen molar-refractivity contribution in [2.24, 2.45) is 17.8 Å². The number of rotatable bonds is 1. The fraction of sp³-hybridized carbons (Fsp3) is 0.857. The zero-order chi connectivity index (χ0) is 11.9. The van der Waals surface area contributed by atoms with E-state index in [1.807, 2.05) is 0 Å². The Labute approximate surface area is 99.0 Å². The molecule has 0 bridgehead atoms. The third kappa shape index (κ3) is 2.18. The fourth-order valence-electron chi connectivity index (χ4n) is 3.16. The van der Waals surface area contributed by atoms with E-state index in [1.54, 1.807) is 0 Å². The van der Waals surface area contributed by atoms with Crippen molar-refractivity contribution in [3.8, 4) is 0 Å². The molecule has 1 aliphatic carbocycles. The van der Waals surface area contributed by atoms with E-state index < -0.39 is 0 Å². The Morgan fingerprint density at radius 2 is 1.62 bits per heavy atom. The van der Waals surface area contributed by atoms with Crippen molar-refractivity contribution >= 4 is 0 Å². The van der Waals surface area contributed by atoms with E-state index in [4.69, 9.17) is 9.47 Å². The first-order valence-corrected chi connectivity index (χ1v) is 6.47. The summed E-state index contributed by atoms with van der Waals surface area (Å²) in [6, 6.07) is 0. The van der Waals surface area contributed by atoms with Gasteiger partial charge in [-0.15, -0.1) is 0 Å². The maximum Gasteiger partial charge on any atom is 0.162 e. The Balaban J connectivity index is 2.09. The SMILES string of the molecule is CC1=C[C@@H](C)[C@H](C2O[C@@H](C)[C@@H](C)O2)[C@H](C)C1. The van der Waals surface area contributed by atoms with Gasteiger partial charge < -0.3 is 9.47 Å². The first kappa shape index (κ1) is 12.1. The van der Waals surface area contributed by atoms with Crippen LogP contribution in [0.2, 0.25) is 0 Å². The molecule has 1 heterocycles. The summed E-state index contributed by atoms with van der Waals surface area (Å²) in [7, 11) is 0. The summed E-state index contributed by atoms with van der Waals surface area (Å²) >= 11 is 0. The average molecular weight is 224 g/mol. The molecule has 92 valence electrons. The van der Waals surface area contributed by atoms with Crippen LogP contribution in [0.15, 0.2) is 11.6 Å². The lowest BCUT2D eigenvalue weighted by Crippen LogP contribution is -2.35. The van der Waals surface area contributed by atoms with Crippen LogP contribution in [-0.4, -0.2) is 18.5 Å². The van der Waals surface area contributed by atoms with Gasteiger partial charge >= 0.3 is 0 Å². The van der Waals surface area contributed by atoms with Crippen molar-refractivity contribution in [2.45, 2.75) is 59.5 Å². The quantitative estimate of drug-likeness (QED) is 0.636. The van der Waals surface area contributed by atoms with Gasteiger partial charge in [-0.2, -0.15) is 0 Å². The van der Waals surface area contributed by atoms with Crippen LogP contribution in [0.25, 0.3) is 0 Å². The highest BCUT2D eigenvalue weighted by Gasteiger charge is 2.41. The van der Waals surface area contributed by atoms with E-state index in [9.17, 15) is 0 Å². The van der Waals surface area contributed by atoms with E-state index in [0.29, 0.717) is 17.8 Å². The van der Waals surface area contributed by atoms with Crippen LogP contribution in [0, 0.1) is 17.8 Å². The summed E-state index contributed by atoms with van der Waals surface area (Å²) < 4.78 is 11.9. The Bertz CT molecular complexity index is 274. The van der Waals surface area contributed by atoms with E-state index >= 15 is 0 Å². The Hall–Kier alpha value is -0.340. The van der Waals surface area contributed by atoms with Gasteiger partial charge in [-0.05, 0) is 39.0 Å². The van der Waals surface area contributed by atoms with Gasteiger partial charge in [0.25, 0.3) is 0 Å². The molecule has 1 saturated heterocycles. The fourth-order valence-corrected chi connectivity index (χ4v) is 3.16. The van der Waals surface area contributed by atoms with Crippen LogP contribution in [0.1, 0.15) is 41.0 Å². The molecule has 1 fully saturated rings. The molecule has 0 aromatic rings. The van der Waals surface area contributed by atoms with Gasteiger partial charge in [0.05, 0.1) is 12.2 Å². The van der Waals surface area contributed by atoms with E-state index in [1.165, 1.54) is 12.0 Å². The number of hydrogen-bond acceptors (Lipinski definition) is 2. The zero-order valence-electron chi connectivity index (χ0n) is 11.1. The lowest BCUT2D eigenvalue weighted by Gasteiger charge is -2.36. The van der Waals surface area contributed by atoms with Gasteiger partial charge in [0.1, 0.15) is 0 Å². The van der Waals surface area contributed by atoms with Gasteiger partial charge in [0.15, 0.2) is 6.29 Å². The summed E-state index contributed by atoms with van der Waals surface area (Å²) in [5.41, 5.74) is 1.51. The minimum atomic E-state index is -0.000602. The smallest absolute Gasteiger partial charge is 0.162 e. The summed E-state index contributed by atoms with van der Waals surface area (Å²) in [5, 5.41) is 0. The predicted molar refractivity (Wildman–Crippen MR) is 65.1 cm³/mol. The standard InChI is InChI=1S/C14H24O2/c1-8-6-9(2)13(10(3)7-8)14-15-11(4)12(5)16-14/h6,9-14H,7H2,1-5H3/t9-,10-,11-,12+,13+,14?/m1/s1. The van der Waals surface area contributed by atoms with Gasteiger partial charge in [-0.1, -0.05) is 25.5 Å². The minimum absolute atomic E-state index is 0.000602. The molecule has 2 rings (SSSR count). The van der Waals surface area contributed by atoms with Crippen LogP contribution < -0.4 is 0 Å². The highest BCUT2D eigenvalue weighted by Crippen LogP contribution is 2.39. The lowest BCUT2D eigenvalue weighted by molar-refractivity contribution is -0.125. The van der Waals surface area contributed by atoms with Crippen LogP contribution in [0.4, 0.5) is 0 Å². The van der Waals surface area contributed by atoms with Crippen molar-refractivity contribution in [1.82, 2.24) is 0 Å². The van der Waals surface area contributed by atoms with Crippen molar-refractivity contribution in [3.05, 3.63) is 11.6 Å². The maximum atomic E-state index is 5.94. The molecule has 0 aromatic carbocycles. The van der Waals surface area contributed by atoms with Crippen molar-refractivity contribution < 1.29 is 9.47 Å². The third-order valence-corrected chi connectivity index (χ3v) is 4.13. The molecule has 1 aliphatic heterocycles. The van der Waals surface area contributed by atoms with Crippen LogP contribution in [0.3, 0.4) is 0 Å². The molecule has 0 N–H and O–H groups in total. The summed E-state index contributed by atoms with van der Waals surface area (Å²) in [6.45, 7) is 11.0. The second kappa shape index (κ2) is 4.50. The van der Waals surface area contributed by atoms with Gasteiger partial charge in [0.2, 0.25) is 0 Å². The highest BCUT2D eigenvalue weighted by molar-refractivity contribution is 5.09. The second-order valence-corrected chi connectivity index (χ2v) is 5.68. The molecule has 1 unspecified atom stereocenters. The van der Waals surface area contributed by atoms with Crippen molar-refractivity contribution in [3.63, 3.8) is 0 Å². The van der Waals surface area contributed by atoms with Gasteiger partial charge in [-0.25, -0.2) is 0 Å². The number of hydrogen-bond donors (Lipinski definition) is 0. The average Bonchev–Trinajstić information content (AvgIpc) is 2.44. The zero-order valence-corrected chi connectivity index (χ0v) is 11.1. The Morgan fingerprint density at radius 3 is 2.12 bits per heavy atom. The Kier molecular flexibility index (Phi) is 3.41. The molecule has 2 aliphatic rings. The summed E-state index contributed by atoms with van der Waals surface area (Å²) in [4.78, 5) is 0. The molecule has 0 radical (unpaired) electrons. The van der Waals surface area contributed by atoms with Gasteiger partial charge in [0, 0.05) is 5.92 Å². The van der Waals surface area contributed by atoms with Crippen LogP contribution >= 0.6 is 0 Å². The molecule has 0 saturated carbocycles. The first-order valence-electron chi connectivity index (χ1n) is 6.47. The first-order chi connectivity index (χ1) is 7.49. The molecule has 0 amide bonds. The predicted octanol–water partition coefficient (Wildman–Crippen LogP) is 3.37. The molecule has 2 heteroatoms. The van der Waals surface area contributed by atoms with Crippen LogP contribution in [0.5, 0.6) is 0 Å². The number of allylic oxidation sites excluding steroid dienone is 2. The molecule has 0 spiro atoms. The van der Waals surface area contributed by atoms with E-state index in [-0.39, 0.29) is 18.5 Å². The Morgan fingerprint density at radius 1 is 1.06 bits per heavy atom. The topological polar surface area (TPSA) is 18.5 Å². The maximum absolute atomic E-state index is 5.94. The lowest BCUT2D eigenvalue weighted by atomic mass is 9.74. The van der Waals surface area contributed by atoms with Crippen LogP contribution in [-0.2, 0) is 9.47 Å². The monoisotopic (exact) mass is 224 g/mol. The molecule has 2 nitrogen and oxygen atoms in total. The number of ether oxygens (including phenoxy) is 2. The molecule has 6 atom stereocenters. The molecular weight excluding hydrogens is 200 g/mol. The largest absolute Gasteiger partial charge is 0.347 e. The highest BCUT2D eigenvalue weighted by atomic mass is 16.7. The second-order valence-electron chi connectivity index (χ2n) is 5.68. The van der Waals surface area contributed by atoms with Crippen molar-refractivity contribution in [1.29, 1.82) is 0 Å². The molecule has 16 heavy (non-hydrogen) atoms. The van der Waals surface area contributed by atoms with E-state index in [2.05, 4.69) is 40.7 Å². The summed E-state index contributed by atoms with van der Waals surface area (Å²) in [6.07, 6.45) is 4.03. The minimum Gasteiger partial charge on any atom is -0.347 e. The molecular formula is C14H24O2. The summed E-state index contributed by atoms with van der Waals surface area (Å²) in [5.74, 6) is 1.73. The normalized spacial score (nSPS) is 49.2. The van der Waals surface area contributed by atoms with Crippen molar-refractivity contribution in [2.75, 3.05) is 0 Å².